The zero-order valence-corrected chi connectivity index (χ0v) is 22.6. The Balaban J connectivity index is 1.98. The van der Waals surface area contributed by atoms with Gasteiger partial charge in [0, 0.05) is 5.56 Å². The van der Waals surface area contributed by atoms with Crippen LogP contribution in [0.5, 0.6) is 17.2 Å². The fourth-order valence-electron chi connectivity index (χ4n) is 4.06. The molecular weight excluding hydrogens is 548 g/mol. The van der Waals surface area contributed by atoms with Gasteiger partial charge in [0.15, 0.2) is 16.3 Å². The number of aromatic nitrogens is 1. The minimum absolute atomic E-state index is 0.0293. The van der Waals surface area contributed by atoms with E-state index in [0.29, 0.717) is 43.0 Å². The van der Waals surface area contributed by atoms with Gasteiger partial charge >= 0.3 is 5.97 Å². The highest BCUT2D eigenvalue weighted by Crippen LogP contribution is 2.37. The summed E-state index contributed by atoms with van der Waals surface area (Å²) < 4.78 is 18.8. The number of methoxy groups -OCH3 is 1. The molecule has 0 spiro atoms. The van der Waals surface area contributed by atoms with Crippen molar-refractivity contribution in [1.29, 1.82) is 0 Å². The number of carbonyl (C=O) groups excluding carboxylic acids is 1. The molecule has 36 heavy (non-hydrogen) atoms. The van der Waals surface area contributed by atoms with Gasteiger partial charge < -0.3 is 19.3 Å². The number of ether oxygens (including phenoxy) is 3. The Hall–Kier alpha value is -3.37. The summed E-state index contributed by atoms with van der Waals surface area (Å²) in [7, 11) is 1.45. The van der Waals surface area contributed by atoms with Crippen LogP contribution in [-0.4, -0.2) is 36.0 Å². The minimum Gasteiger partial charge on any atom is -0.503 e. The zero-order chi connectivity index (χ0) is 26.0. The second-order valence-corrected chi connectivity index (χ2v) is 9.69. The van der Waals surface area contributed by atoms with Crippen LogP contribution in [-0.2, 0) is 9.53 Å². The molecule has 0 aliphatic carbocycles. The highest BCUT2D eigenvalue weighted by molar-refractivity contribution is 9.10. The Labute approximate surface area is 219 Å². The van der Waals surface area contributed by atoms with Crippen LogP contribution in [0.15, 0.2) is 61.9 Å². The van der Waals surface area contributed by atoms with Crippen molar-refractivity contribution < 1.29 is 24.1 Å². The van der Waals surface area contributed by atoms with Gasteiger partial charge in [0.25, 0.3) is 5.56 Å². The van der Waals surface area contributed by atoms with Gasteiger partial charge in [-0.2, -0.15) is 0 Å². The Morgan fingerprint density at radius 3 is 2.67 bits per heavy atom. The first-order valence-corrected chi connectivity index (χ1v) is 12.9. The average Bonchev–Trinajstić information content (AvgIpc) is 3.15. The van der Waals surface area contributed by atoms with Gasteiger partial charge in [-0.25, -0.2) is 9.79 Å². The number of phenolic OH excluding ortho intramolecular Hbond substituents is 1. The quantitative estimate of drug-likeness (QED) is 0.434. The number of halogens is 1. The number of allylic oxidation sites excluding steroid dienone is 1. The molecule has 3 aromatic rings. The molecular formula is C26H25BrN2O6S. The lowest BCUT2D eigenvalue weighted by Crippen LogP contribution is -2.40. The molecule has 1 aliphatic rings. The van der Waals surface area contributed by atoms with E-state index in [0.717, 1.165) is 0 Å². The molecule has 0 radical (unpaired) electrons. The standard InChI is InChI=1S/C26H25BrN2O6S/c1-5-34-18-10-8-7-9-16(18)22-21(25(32)35-6-2)14(3)28-26-29(22)24(31)20(36-26)13-15-11-17(27)23(30)19(12-15)33-4/h7-13,22,30H,5-6H2,1-4H3/b20-13-/t22-/m1/s1. The van der Waals surface area contributed by atoms with Crippen molar-refractivity contribution in [3.63, 3.8) is 0 Å². The summed E-state index contributed by atoms with van der Waals surface area (Å²) in [5, 5.41) is 10.1. The van der Waals surface area contributed by atoms with E-state index in [1.165, 1.54) is 23.0 Å². The molecule has 0 unspecified atom stereocenters. The van der Waals surface area contributed by atoms with E-state index in [1.54, 1.807) is 32.1 Å². The molecule has 0 saturated carbocycles. The van der Waals surface area contributed by atoms with Crippen molar-refractivity contribution in [2.24, 2.45) is 4.99 Å². The van der Waals surface area contributed by atoms with Crippen molar-refractivity contribution in [2.45, 2.75) is 26.8 Å². The minimum atomic E-state index is -0.772. The number of fused-ring (bicyclic) bond motifs is 1. The molecule has 2 aromatic carbocycles. The fraction of sp³-hybridized carbons (Fsp3) is 0.269. The number of hydrogen-bond donors (Lipinski definition) is 1. The van der Waals surface area contributed by atoms with E-state index in [2.05, 4.69) is 20.9 Å². The molecule has 0 saturated heterocycles. The summed E-state index contributed by atoms with van der Waals surface area (Å²) in [6, 6.07) is 9.88. The van der Waals surface area contributed by atoms with E-state index < -0.39 is 12.0 Å². The maximum atomic E-state index is 13.8. The molecule has 4 rings (SSSR count). The second kappa shape index (κ2) is 10.7. The number of benzene rings is 2. The third-order valence-corrected chi connectivity index (χ3v) is 7.19. The zero-order valence-electron chi connectivity index (χ0n) is 20.2. The molecule has 1 N–H and O–H groups in total. The predicted octanol–water partition coefficient (Wildman–Crippen LogP) is 3.67. The lowest BCUT2D eigenvalue weighted by molar-refractivity contribution is -0.139. The van der Waals surface area contributed by atoms with Gasteiger partial charge in [0.05, 0.1) is 40.6 Å². The first kappa shape index (κ1) is 25.7. The Bertz CT molecular complexity index is 1540. The van der Waals surface area contributed by atoms with Gasteiger partial charge in [-0.3, -0.25) is 9.36 Å². The molecule has 2 heterocycles. The lowest BCUT2D eigenvalue weighted by atomic mass is 9.95. The van der Waals surface area contributed by atoms with Gasteiger partial charge in [-0.15, -0.1) is 0 Å². The monoisotopic (exact) mass is 572 g/mol. The van der Waals surface area contributed by atoms with E-state index in [4.69, 9.17) is 14.2 Å². The van der Waals surface area contributed by atoms with Crippen molar-refractivity contribution >= 4 is 39.3 Å². The Morgan fingerprint density at radius 2 is 1.97 bits per heavy atom. The number of phenols is 1. The summed E-state index contributed by atoms with van der Waals surface area (Å²) in [4.78, 5) is 31.9. The molecule has 0 bridgehead atoms. The normalized spacial score (nSPS) is 15.4. The molecule has 8 nitrogen and oxygen atoms in total. The molecule has 1 aliphatic heterocycles. The maximum absolute atomic E-state index is 13.8. The number of aromatic hydroxyl groups is 1. The van der Waals surface area contributed by atoms with E-state index in [9.17, 15) is 14.7 Å². The fourth-order valence-corrected chi connectivity index (χ4v) is 5.57. The van der Waals surface area contributed by atoms with Crippen LogP contribution >= 0.6 is 27.3 Å². The average molecular weight is 573 g/mol. The number of esters is 1. The Kier molecular flexibility index (Phi) is 7.65. The number of nitrogens with zero attached hydrogens (tertiary/aromatic N) is 2. The van der Waals surface area contributed by atoms with Crippen molar-refractivity contribution in [3.8, 4) is 17.2 Å². The highest BCUT2D eigenvalue weighted by Gasteiger charge is 2.35. The summed E-state index contributed by atoms with van der Waals surface area (Å²) in [6.45, 7) is 5.96. The molecule has 1 atom stereocenters. The smallest absolute Gasteiger partial charge is 0.338 e. The number of hydrogen-bond acceptors (Lipinski definition) is 8. The Morgan fingerprint density at radius 1 is 1.22 bits per heavy atom. The summed E-state index contributed by atoms with van der Waals surface area (Å²) in [5.41, 5.74) is 1.77. The first-order valence-electron chi connectivity index (χ1n) is 11.3. The van der Waals surface area contributed by atoms with Crippen molar-refractivity contribution in [3.05, 3.63) is 83.0 Å². The van der Waals surface area contributed by atoms with Crippen LogP contribution in [0.25, 0.3) is 6.08 Å². The van der Waals surface area contributed by atoms with E-state index in [-0.39, 0.29) is 29.2 Å². The SMILES string of the molecule is CCOC(=O)C1=C(C)N=c2s/c(=C\c3cc(Br)c(O)c(OC)c3)c(=O)n2[C@@H]1c1ccccc1OCC. The lowest BCUT2D eigenvalue weighted by Gasteiger charge is -2.26. The molecule has 1 aromatic heterocycles. The summed E-state index contributed by atoms with van der Waals surface area (Å²) in [6.07, 6.45) is 1.70. The number of rotatable bonds is 7. The third-order valence-electron chi connectivity index (χ3n) is 5.60. The van der Waals surface area contributed by atoms with Crippen LogP contribution in [0.2, 0.25) is 0 Å². The summed E-state index contributed by atoms with van der Waals surface area (Å²) in [5.74, 6) is 0.283. The topological polar surface area (TPSA) is 99.4 Å². The summed E-state index contributed by atoms with van der Waals surface area (Å²) >= 11 is 4.53. The van der Waals surface area contributed by atoms with Crippen molar-refractivity contribution in [2.75, 3.05) is 20.3 Å². The number of para-hydroxylation sites is 1. The van der Waals surface area contributed by atoms with Gasteiger partial charge in [0.2, 0.25) is 0 Å². The van der Waals surface area contributed by atoms with Crippen LogP contribution in [0.1, 0.15) is 37.9 Å². The molecule has 188 valence electrons. The second-order valence-electron chi connectivity index (χ2n) is 7.83. The van der Waals surface area contributed by atoms with Crippen LogP contribution in [0.4, 0.5) is 0 Å². The van der Waals surface area contributed by atoms with Crippen molar-refractivity contribution in [1.82, 2.24) is 4.57 Å². The molecule has 0 amide bonds. The maximum Gasteiger partial charge on any atom is 0.338 e. The van der Waals surface area contributed by atoms with E-state index >= 15 is 0 Å². The van der Waals surface area contributed by atoms with E-state index in [1.807, 2.05) is 31.2 Å². The van der Waals surface area contributed by atoms with Crippen LogP contribution in [0.3, 0.4) is 0 Å². The largest absolute Gasteiger partial charge is 0.503 e. The molecule has 0 fully saturated rings. The van der Waals surface area contributed by atoms with Gasteiger partial charge in [-0.05, 0) is 66.5 Å². The first-order chi connectivity index (χ1) is 17.3. The van der Waals surface area contributed by atoms with Crippen LogP contribution in [0, 0.1) is 0 Å². The predicted molar refractivity (Wildman–Crippen MR) is 140 cm³/mol. The van der Waals surface area contributed by atoms with Gasteiger partial charge in [-0.1, -0.05) is 29.5 Å². The number of carbonyl (C=O) groups is 1. The number of thiazole rings is 1. The third kappa shape index (κ3) is 4.70. The highest BCUT2D eigenvalue weighted by atomic mass is 79.9. The van der Waals surface area contributed by atoms with Gasteiger partial charge in [0.1, 0.15) is 11.8 Å². The van der Waals surface area contributed by atoms with Crippen LogP contribution < -0.4 is 24.4 Å². The molecule has 10 heteroatoms.